The number of hydrogen-bond donors (Lipinski definition) is 1. The molecule has 2 aliphatic heterocycles. The maximum Gasteiger partial charge on any atom is 0.261 e. The van der Waals surface area contributed by atoms with Crippen LogP contribution in [0.5, 0.6) is 5.75 Å². The lowest BCUT2D eigenvalue weighted by Crippen LogP contribution is -2.46. The van der Waals surface area contributed by atoms with Gasteiger partial charge in [-0.2, -0.15) is 8.42 Å². The molecule has 7 nitrogen and oxygen atoms in total. The molecule has 9 heteroatoms. The van der Waals surface area contributed by atoms with Crippen molar-refractivity contribution in [1.82, 2.24) is 9.80 Å². The minimum Gasteiger partial charge on any atom is -0.494 e. The molecule has 2 aromatic rings. The molecule has 4 rings (SSSR count). The zero-order valence-corrected chi connectivity index (χ0v) is 21.3. The van der Waals surface area contributed by atoms with Crippen molar-refractivity contribution >= 4 is 21.9 Å². The highest BCUT2D eigenvalue weighted by atomic mass is 32.2. The van der Waals surface area contributed by atoms with Crippen molar-refractivity contribution in [3.05, 3.63) is 53.6 Å². The highest BCUT2D eigenvalue weighted by Crippen LogP contribution is 2.44. The molecule has 1 fully saturated rings. The van der Waals surface area contributed by atoms with Gasteiger partial charge < -0.3 is 15.1 Å². The molecule has 0 aliphatic carbocycles. The zero-order valence-electron chi connectivity index (χ0n) is 19.7. The van der Waals surface area contributed by atoms with Gasteiger partial charge in [-0.3, -0.25) is 9.45 Å². The summed E-state index contributed by atoms with van der Waals surface area (Å²) in [5.41, 5.74) is 2.91. The van der Waals surface area contributed by atoms with Crippen LogP contribution in [-0.2, 0) is 16.5 Å². The molecule has 33 heavy (non-hydrogen) atoms. The average molecular weight is 497 g/mol. The summed E-state index contributed by atoms with van der Waals surface area (Å²) in [6.07, 6.45) is 4.07. The molecular formula is C24H36N2O5S2. The number of nitrogens with zero attached hydrogens (tertiary/aromatic N) is 2. The van der Waals surface area contributed by atoms with Crippen molar-refractivity contribution in [3.8, 4) is 5.75 Å². The Morgan fingerprint density at radius 1 is 1.09 bits per heavy atom. The Balaban J connectivity index is 0.000000583. The third-order valence-corrected chi connectivity index (χ3v) is 6.90. The van der Waals surface area contributed by atoms with Crippen molar-refractivity contribution < 1.29 is 23.2 Å². The molecule has 0 aromatic heterocycles. The van der Waals surface area contributed by atoms with Crippen molar-refractivity contribution in [3.63, 3.8) is 0 Å². The minimum atomic E-state index is -3.67. The topological polar surface area (TPSA) is 102 Å². The van der Waals surface area contributed by atoms with Gasteiger partial charge in [0.1, 0.15) is 5.75 Å². The van der Waals surface area contributed by atoms with Gasteiger partial charge in [0, 0.05) is 42.0 Å². The zero-order chi connectivity index (χ0) is 23.1. The first-order valence-corrected chi connectivity index (χ1v) is 13.8. The highest BCUT2D eigenvalue weighted by molar-refractivity contribution is 7.99. The normalized spacial score (nSPS) is 18.6. The van der Waals surface area contributed by atoms with Crippen LogP contribution in [0.1, 0.15) is 36.9 Å². The summed E-state index contributed by atoms with van der Waals surface area (Å²) in [6, 6.07) is 16.1. The fraction of sp³-hybridized carbons (Fsp3) is 0.500. The smallest absolute Gasteiger partial charge is 0.261 e. The van der Waals surface area contributed by atoms with E-state index in [2.05, 4.69) is 66.2 Å². The van der Waals surface area contributed by atoms with Crippen molar-refractivity contribution in [2.75, 3.05) is 46.1 Å². The summed E-state index contributed by atoms with van der Waals surface area (Å²) < 4.78 is 31.9. The highest BCUT2D eigenvalue weighted by Gasteiger charge is 2.29. The Labute approximate surface area is 202 Å². The largest absolute Gasteiger partial charge is 0.494 e. The standard InChI is InChI=1S/C23H30N2OS.CH4O3S.H2O/c1-3-4-15-26-19-9-10-23-20(17-19)21(25-13-11-24(2)12-14-25)16-18-7-5-6-8-22(18)27-23;1-5(2,3)4;/h5-10,17,21H,3-4,11-16H2,1-2H3;1H3,(H,2,3,4);1H2. The quantitative estimate of drug-likeness (QED) is 0.499. The molecule has 0 spiro atoms. The van der Waals surface area contributed by atoms with Crippen LogP contribution in [0.15, 0.2) is 52.3 Å². The molecule has 0 amide bonds. The van der Waals surface area contributed by atoms with Crippen LogP contribution in [0.25, 0.3) is 0 Å². The molecule has 3 N–H and O–H groups in total. The van der Waals surface area contributed by atoms with Crippen molar-refractivity contribution in [1.29, 1.82) is 0 Å². The summed E-state index contributed by atoms with van der Waals surface area (Å²) in [5.74, 6) is 1.02. The van der Waals surface area contributed by atoms with Gasteiger partial charge in [-0.1, -0.05) is 43.3 Å². The number of benzene rings is 2. The maximum atomic E-state index is 9.19. The second kappa shape index (κ2) is 12.7. The van der Waals surface area contributed by atoms with Gasteiger partial charge in [-0.25, -0.2) is 0 Å². The molecule has 0 bridgehead atoms. The van der Waals surface area contributed by atoms with Gasteiger partial charge in [0.15, 0.2) is 0 Å². The molecule has 1 unspecified atom stereocenters. The lowest BCUT2D eigenvalue weighted by atomic mass is 9.96. The monoisotopic (exact) mass is 496 g/mol. The summed E-state index contributed by atoms with van der Waals surface area (Å²) in [6.45, 7) is 7.57. The van der Waals surface area contributed by atoms with Gasteiger partial charge in [0.05, 0.1) is 12.9 Å². The molecule has 2 aliphatic rings. The number of rotatable bonds is 5. The molecule has 2 aromatic carbocycles. The van der Waals surface area contributed by atoms with Crippen LogP contribution in [-0.4, -0.2) is 74.3 Å². The lowest BCUT2D eigenvalue weighted by molar-refractivity contribution is 0.109. The molecular weight excluding hydrogens is 460 g/mol. The number of unbranched alkanes of at least 4 members (excludes halogenated alkanes) is 1. The number of likely N-dealkylation sites (N-methyl/N-ethyl adjacent to an activating group) is 1. The first kappa shape index (κ1) is 27.6. The Kier molecular flexibility index (Phi) is 10.7. The predicted octanol–water partition coefficient (Wildman–Crippen LogP) is 3.54. The van der Waals surface area contributed by atoms with E-state index in [1.807, 2.05) is 11.8 Å². The number of fused-ring (bicyclic) bond motifs is 2. The van der Waals surface area contributed by atoms with Gasteiger partial charge in [-0.05, 0) is 55.3 Å². The summed E-state index contributed by atoms with van der Waals surface area (Å²) in [7, 11) is -1.44. The number of hydrogen-bond acceptors (Lipinski definition) is 6. The van der Waals surface area contributed by atoms with Gasteiger partial charge in [0.25, 0.3) is 10.1 Å². The lowest BCUT2D eigenvalue weighted by Gasteiger charge is -2.38. The Hall–Kier alpha value is -1.62. The Bertz CT molecular complexity index is 984. The fourth-order valence-corrected chi connectivity index (χ4v) is 5.09. The van der Waals surface area contributed by atoms with Gasteiger partial charge in [-0.15, -0.1) is 0 Å². The van der Waals surface area contributed by atoms with E-state index in [4.69, 9.17) is 9.29 Å². The Morgan fingerprint density at radius 2 is 1.76 bits per heavy atom. The van der Waals surface area contributed by atoms with E-state index in [1.165, 1.54) is 27.3 Å². The molecule has 0 radical (unpaired) electrons. The van der Waals surface area contributed by atoms with Crippen molar-refractivity contribution in [2.24, 2.45) is 0 Å². The molecule has 2 heterocycles. The fourth-order valence-electron chi connectivity index (χ4n) is 3.97. The van der Waals surface area contributed by atoms with Crippen LogP contribution in [0, 0.1) is 0 Å². The minimum absolute atomic E-state index is 0. The third kappa shape index (κ3) is 8.59. The molecule has 184 valence electrons. The summed E-state index contributed by atoms with van der Waals surface area (Å²) in [5, 5.41) is 0. The number of piperazine rings is 1. The average Bonchev–Trinajstić information content (AvgIpc) is 2.90. The summed E-state index contributed by atoms with van der Waals surface area (Å²) in [4.78, 5) is 7.89. The summed E-state index contributed by atoms with van der Waals surface area (Å²) >= 11 is 1.92. The van der Waals surface area contributed by atoms with E-state index in [1.54, 1.807) is 0 Å². The van der Waals surface area contributed by atoms with Gasteiger partial charge in [0.2, 0.25) is 0 Å². The van der Waals surface area contributed by atoms with Crippen LogP contribution >= 0.6 is 11.8 Å². The van der Waals surface area contributed by atoms with E-state index in [-0.39, 0.29) is 5.48 Å². The van der Waals surface area contributed by atoms with Crippen LogP contribution in [0.2, 0.25) is 0 Å². The van der Waals surface area contributed by atoms with Crippen LogP contribution in [0.4, 0.5) is 0 Å². The van der Waals surface area contributed by atoms with E-state index >= 15 is 0 Å². The van der Waals surface area contributed by atoms with E-state index in [0.717, 1.165) is 51.4 Å². The van der Waals surface area contributed by atoms with Crippen LogP contribution in [0.3, 0.4) is 0 Å². The first-order valence-electron chi connectivity index (χ1n) is 11.1. The first-order chi connectivity index (χ1) is 15.2. The maximum absolute atomic E-state index is 9.19. The molecule has 0 saturated carbocycles. The van der Waals surface area contributed by atoms with E-state index in [9.17, 15) is 8.42 Å². The molecule has 1 saturated heterocycles. The predicted molar refractivity (Wildman–Crippen MR) is 134 cm³/mol. The second-order valence-corrected chi connectivity index (χ2v) is 11.0. The van der Waals surface area contributed by atoms with E-state index < -0.39 is 10.1 Å². The third-order valence-electron chi connectivity index (χ3n) is 5.69. The molecule has 1 atom stereocenters. The number of ether oxygens (including phenoxy) is 1. The van der Waals surface area contributed by atoms with Gasteiger partial charge >= 0.3 is 0 Å². The SMILES string of the molecule is CCCCOc1ccc2c(c1)C(N1CCN(C)CC1)Cc1ccccc1S2.CS(=O)(=O)O.O. The Morgan fingerprint density at radius 3 is 2.42 bits per heavy atom. The van der Waals surface area contributed by atoms with Crippen LogP contribution < -0.4 is 4.74 Å². The van der Waals surface area contributed by atoms with Crippen molar-refractivity contribution in [2.45, 2.75) is 42.0 Å². The second-order valence-electron chi connectivity index (χ2n) is 8.40. The van der Waals surface area contributed by atoms with E-state index in [0.29, 0.717) is 12.3 Å².